The minimum atomic E-state index is -0.938. The highest BCUT2D eigenvalue weighted by atomic mass is 16.5. The van der Waals surface area contributed by atoms with E-state index in [0.29, 0.717) is 25.3 Å². The van der Waals surface area contributed by atoms with E-state index in [1.54, 1.807) is 12.0 Å². The number of ether oxygens (including phenoxy) is 1. The molecule has 3 amide bonds. The zero-order valence-electron chi connectivity index (χ0n) is 28.6. The quantitative estimate of drug-likeness (QED) is 0.151. The van der Waals surface area contributed by atoms with E-state index < -0.39 is 23.8 Å². The van der Waals surface area contributed by atoms with E-state index in [1.165, 1.54) is 0 Å². The fraction of sp³-hybridized carbons (Fsp3) is 0.357. The Hall–Kier alpha value is -4.91. The van der Waals surface area contributed by atoms with Gasteiger partial charge in [-0.25, -0.2) is 0 Å². The number of nitrogens with zero attached hydrogens (tertiary/aromatic N) is 1. The number of carbonyl (C=O) groups is 3. The Morgan fingerprint density at radius 3 is 2.31 bits per heavy atom. The van der Waals surface area contributed by atoms with E-state index in [4.69, 9.17) is 10.5 Å². The zero-order chi connectivity index (χ0) is 34.3. The average Bonchev–Trinajstić information content (AvgIpc) is 3.63. The molecule has 0 saturated heterocycles. The Morgan fingerprint density at radius 1 is 0.878 bits per heavy atom. The van der Waals surface area contributed by atoms with Crippen LogP contribution in [0.25, 0.3) is 22.3 Å². The van der Waals surface area contributed by atoms with Crippen LogP contribution in [0.15, 0.2) is 97.1 Å². The molecular weight excluding hydrogens is 610 g/mol. The van der Waals surface area contributed by atoms with Gasteiger partial charge in [-0.2, -0.15) is 0 Å². The van der Waals surface area contributed by atoms with Crippen LogP contribution in [0.3, 0.4) is 0 Å². The Morgan fingerprint density at radius 2 is 1.59 bits per heavy atom. The summed E-state index contributed by atoms with van der Waals surface area (Å²) >= 11 is 0. The minimum absolute atomic E-state index is 0.218. The maximum atomic E-state index is 14.9. The van der Waals surface area contributed by atoms with Crippen LogP contribution in [-0.2, 0) is 20.9 Å². The molecule has 0 bridgehead atoms. The third kappa shape index (κ3) is 7.56. The van der Waals surface area contributed by atoms with Crippen molar-refractivity contribution in [1.82, 2.24) is 5.32 Å². The number of anilines is 1. The van der Waals surface area contributed by atoms with Gasteiger partial charge in [0.25, 0.3) is 5.91 Å². The molecule has 7 nitrogen and oxygen atoms in total. The lowest BCUT2D eigenvalue weighted by molar-refractivity contribution is -0.136. The number of rotatable bonds is 13. The third-order valence-electron chi connectivity index (χ3n) is 10.4. The molecule has 1 fully saturated rings. The number of primary amides is 1. The van der Waals surface area contributed by atoms with Crippen LogP contribution < -0.4 is 20.7 Å². The summed E-state index contributed by atoms with van der Waals surface area (Å²) in [6.07, 6.45) is 7.25. The summed E-state index contributed by atoms with van der Waals surface area (Å²) in [5, 5.41) is 3.20. The lowest BCUT2D eigenvalue weighted by atomic mass is 9.79. The first kappa shape index (κ1) is 34.0. The van der Waals surface area contributed by atoms with Crippen molar-refractivity contribution in [2.75, 3.05) is 12.0 Å². The number of para-hydroxylation sites is 1. The normalized spacial score (nSPS) is 17.1. The van der Waals surface area contributed by atoms with Crippen LogP contribution in [0.5, 0.6) is 5.75 Å². The third-order valence-corrected chi connectivity index (χ3v) is 10.4. The Labute approximate surface area is 289 Å². The van der Waals surface area contributed by atoms with Crippen molar-refractivity contribution in [2.45, 2.75) is 70.9 Å². The summed E-state index contributed by atoms with van der Waals surface area (Å²) in [6, 6.07) is 30.9. The molecule has 2 aliphatic rings. The average molecular weight is 658 g/mol. The Kier molecular flexibility index (Phi) is 10.8. The Balaban J connectivity index is 1.36. The number of hydrogen-bond acceptors (Lipinski definition) is 4. The van der Waals surface area contributed by atoms with Crippen LogP contribution in [0.4, 0.5) is 5.69 Å². The van der Waals surface area contributed by atoms with Gasteiger partial charge in [0, 0.05) is 17.4 Å². The standard InChI is InChI=1S/C42H47N3O4/c1-3-4-16-36(40(43)46)37(26-28-12-5-6-13-28)41(47)44-39-35-19-8-7-17-33(35)34-18-9-10-20-38(34)45(42(39)48)27-29-14-11-15-31(25-29)30-21-23-32(49-2)24-22-30/h7-11,14-15,17-25,28,36-37,39H,3-6,12-13,16,26-27H2,1-2H3,(H2,43,46)(H,44,47). The second kappa shape index (κ2) is 15.5. The monoisotopic (exact) mass is 657 g/mol. The first-order valence-electron chi connectivity index (χ1n) is 17.7. The zero-order valence-corrected chi connectivity index (χ0v) is 28.6. The number of benzene rings is 4. The second-order valence-electron chi connectivity index (χ2n) is 13.5. The van der Waals surface area contributed by atoms with E-state index in [9.17, 15) is 14.4 Å². The van der Waals surface area contributed by atoms with Gasteiger partial charge < -0.3 is 20.7 Å². The number of amides is 3. The van der Waals surface area contributed by atoms with Crippen molar-refractivity contribution in [1.29, 1.82) is 0 Å². The molecule has 1 heterocycles. The lowest BCUT2D eigenvalue weighted by Gasteiger charge is -2.30. The number of hydrogen-bond donors (Lipinski definition) is 2. The topological polar surface area (TPSA) is 102 Å². The van der Waals surface area contributed by atoms with Crippen molar-refractivity contribution >= 4 is 23.4 Å². The molecule has 0 radical (unpaired) electrons. The summed E-state index contributed by atoms with van der Waals surface area (Å²) in [5.41, 5.74) is 12.4. The number of fused-ring (bicyclic) bond motifs is 3. The molecule has 4 aromatic carbocycles. The van der Waals surface area contributed by atoms with Gasteiger partial charge in [0.2, 0.25) is 11.8 Å². The van der Waals surface area contributed by atoms with E-state index in [1.807, 2.05) is 84.9 Å². The molecule has 7 heteroatoms. The van der Waals surface area contributed by atoms with Crippen molar-refractivity contribution < 1.29 is 19.1 Å². The van der Waals surface area contributed by atoms with Crippen LogP contribution in [0, 0.1) is 17.8 Å². The van der Waals surface area contributed by atoms with Gasteiger partial charge in [-0.1, -0.05) is 118 Å². The second-order valence-corrected chi connectivity index (χ2v) is 13.5. The fourth-order valence-electron chi connectivity index (χ4n) is 7.73. The van der Waals surface area contributed by atoms with Gasteiger partial charge in [-0.3, -0.25) is 14.4 Å². The molecule has 254 valence electrons. The summed E-state index contributed by atoms with van der Waals surface area (Å²) in [7, 11) is 1.65. The van der Waals surface area contributed by atoms with Crippen LogP contribution >= 0.6 is 0 Å². The highest BCUT2D eigenvalue weighted by molar-refractivity contribution is 6.06. The molecule has 1 aliphatic heterocycles. The van der Waals surface area contributed by atoms with E-state index in [0.717, 1.165) is 83.3 Å². The van der Waals surface area contributed by atoms with Gasteiger partial charge in [-0.05, 0) is 70.8 Å². The molecule has 6 rings (SSSR count). The fourth-order valence-corrected chi connectivity index (χ4v) is 7.73. The molecule has 3 atom stereocenters. The van der Waals surface area contributed by atoms with E-state index in [-0.39, 0.29) is 11.8 Å². The van der Waals surface area contributed by atoms with Crippen molar-refractivity contribution in [3.63, 3.8) is 0 Å². The molecular formula is C42H47N3O4. The van der Waals surface area contributed by atoms with E-state index >= 15 is 0 Å². The highest BCUT2D eigenvalue weighted by Crippen LogP contribution is 2.42. The van der Waals surface area contributed by atoms with Crippen LogP contribution in [0.2, 0.25) is 0 Å². The van der Waals surface area contributed by atoms with Crippen molar-refractivity contribution in [3.05, 3.63) is 108 Å². The van der Waals surface area contributed by atoms with Gasteiger partial charge in [-0.15, -0.1) is 0 Å². The lowest BCUT2D eigenvalue weighted by Crippen LogP contribution is -2.47. The smallest absolute Gasteiger partial charge is 0.254 e. The molecule has 3 N–H and O–H groups in total. The molecule has 49 heavy (non-hydrogen) atoms. The first-order chi connectivity index (χ1) is 23.9. The largest absolute Gasteiger partial charge is 0.497 e. The predicted molar refractivity (Wildman–Crippen MR) is 195 cm³/mol. The Bertz CT molecular complexity index is 1780. The molecule has 0 spiro atoms. The predicted octanol–water partition coefficient (Wildman–Crippen LogP) is 8.22. The summed E-state index contributed by atoms with van der Waals surface area (Å²) in [6.45, 7) is 2.39. The van der Waals surface area contributed by atoms with Crippen LogP contribution in [-0.4, -0.2) is 24.8 Å². The maximum Gasteiger partial charge on any atom is 0.254 e. The van der Waals surface area contributed by atoms with Gasteiger partial charge in [0.1, 0.15) is 11.8 Å². The van der Waals surface area contributed by atoms with Gasteiger partial charge in [0.05, 0.1) is 19.3 Å². The number of nitrogens with two attached hydrogens (primary N) is 1. The van der Waals surface area contributed by atoms with Crippen LogP contribution in [0.1, 0.15) is 75.5 Å². The van der Waals surface area contributed by atoms with Gasteiger partial charge >= 0.3 is 0 Å². The SMILES string of the molecule is CCCCC(C(N)=O)C(CC1CCCC1)C(=O)NC1C(=O)N(Cc2cccc(-c3ccc(OC)cc3)c2)c2ccccc2-c2ccccc21. The summed E-state index contributed by atoms with van der Waals surface area (Å²) in [5.74, 6) is -0.938. The molecule has 0 aromatic heterocycles. The highest BCUT2D eigenvalue weighted by Gasteiger charge is 2.40. The van der Waals surface area contributed by atoms with Gasteiger partial charge in [0.15, 0.2) is 0 Å². The minimum Gasteiger partial charge on any atom is -0.497 e. The van der Waals surface area contributed by atoms with E-state index in [2.05, 4.69) is 24.4 Å². The molecule has 1 aliphatic carbocycles. The number of methoxy groups -OCH3 is 1. The maximum absolute atomic E-state index is 14.9. The molecule has 3 unspecified atom stereocenters. The van der Waals surface area contributed by atoms with Crippen molar-refractivity contribution in [3.8, 4) is 28.0 Å². The van der Waals surface area contributed by atoms with Crippen molar-refractivity contribution in [2.24, 2.45) is 23.5 Å². The number of nitrogens with one attached hydrogen (secondary N) is 1. The molecule has 4 aromatic rings. The summed E-state index contributed by atoms with van der Waals surface area (Å²) in [4.78, 5) is 44.0. The first-order valence-corrected chi connectivity index (χ1v) is 17.7. The number of unbranched alkanes of at least 4 members (excludes halogenated alkanes) is 1. The number of carbonyl (C=O) groups excluding carboxylic acids is 3. The summed E-state index contributed by atoms with van der Waals surface area (Å²) < 4.78 is 5.34. The molecule has 1 saturated carbocycles.